The number of phenols is 1. The average molecular weight is 651 g/mol. The Labute approximate surface area is 292 Å². The Balaban J connectivity index is 1.40. The van der Waals surface area contributed by atoms with E-state index in [1.54, 1.807) is 12.1 Å². The SMILES string of the molecule is Cc1cc(C)c(-c2cc(-c3cc(-c4cccc5oc(-c6ccccc6O)nc45)cc(C(C)(C)c4ccccc4)c3)c3ncccc3c2)c(C)c1. The topological polar surface area (TPSA) is 59.2 Å². The van der Waals surface area contributed by atoms with Crippen LogP contribution in [0.1, 0.15) is 41.7 Å². The van der Waals surface area contributed by atoms with Crippen molar-refractivity contribution in [3.63, 3.8) is 0 Å². The Morgan fingerprint density at radius 2 is 1.28 bits per heavy atom. The van der Waals surface area contributed by atoms with Crippen molar-refractivity contribution in [3.8, 4) is 50.6 Å². The Morgan fingerprint density at radius 1 is 0.580 bits per heavy atom. The minimum atomic E-state index is -0.310. The lowest BCUT2D eigenvalue weighted by atomic mass is 9.76. The molecule has 0 spiro atoms. The maximum atomic E-state index is 10.6. The summed E-state index contributed by atoms with van der Waals surface area (Å²) in [7, 11) is 0. The molecule has 0 aliphatic rings. The van der Waals surface area contributed by atoms with Crippen LogP contribution in [-0.2, 0) is 5.41 Å². The fourth-order valence-corrected chi connectivity index (χ4v) is 7.46. The first-order chi connectivity index (χ1) is 24.2. The summed E-state index contributed by atoms with van der Waals surface area (Å²) in [6.07, 6.45) is 1.88. The van der Waals surface area contributed by atoms with Gasteiger partial charge in [-0.25, -0.2) is 4.98 Å². The van der Waals surface area contributed by atoms with E-state index in [2.05, 4.69) is 120 Å². The van der Waals surface area contributed by atoms with Gasteiger partial charge in [0.1, 0.15) is 11.3 Å². The maximum Gasteiger partial charge on any atom is 0.231 e. The van der Waals surface area contributed by atoms with Crippen molar-refractivity contribution >= 4 is 22.0 Å². The van der Waals surface area contributed by atoms with Crippen LogP contribution in [0.4, 0.5) is 0 Å². The molecule has 0 aliphatic heterocycles. The van der Waals surface area contributed by atoms with Crippen LogP contribution in [0.15, 0.2) is 138 Å². The summed E-state index contributed by atoms with van der Waals surface area (Å²) in [6.45, 7) is 11.1. The molecule has 6 aromatic carbocycles. The van der Waals surface area contributed by atoms with Crippen LogP contribution < -0.4 is 0 Å². The molecule has 2 heterocycles. The molecule has 8 rings (SSSR count). The summed E-state index contributed by atoms with van der Waals surface area (Å²) in [5, 5.41) is 11.7. The molecule has 244 valence electrons. The first-order valence-electron chi connectivity index (χ1n) is 17.0. The highest BCUT2D eigenvalue weighted by Gasteiger charge is 2.26. The molecule has 0 saturated heterocycles. The zero-order valence-electron chi connectivity index (χ0n) is 29.0. The summed E-state index contributed by atoms with van der Waals surface area (Å²) < 4.78 is 6.25. The molecule has 8 aromatic rings. The highest BCUT2D eigenvalue weighted by molar-refractivity contribution is 6.00. The third-order valence-corrected chi connectivity index (χ3v) is 10.00. The number of fused-ring (bicyclic) bond motifs is 2. The fraction of sp³-hybridized carbons (Fsp3) is 0.130. The van der Waals surface area contributed by atoms with Crippen molar-refractivity contribution in [1.29, 1.82) is 0 Å². The Bertz CT molecular complexity index is 2540. The molecule has 0 aliphatic carbocycles. The van der Waals surface area contributed by atoms with E-state index in [9.17, 15) is 5.11 Å². The molecular weight excluding hydrogens is 613 g/mol. The normalized spacial score (nSPS) is 11.8. The average Bonchev–Trinajstić information content (AvgIpc) is 3.56. The van der Waals surface area contributed by atoms with Gasteiger partial charge in [0.05, 0.1) is 11.1 Å². The van der Waals surface area contributed by atoms with Crippen molar-refractivity contribution in [3.05, 3.63) is 161 Å². The zero-order chi connectivity index (χ0) is 34.6. The van der Waals surface area contributed by atoms with Crippen LogP contribution in [-0.4, -0.2) is 15.1 Å². The number of hydrogen-bond donors (Lipinski definition) is 1. The van der Waals surface area contributed by atoms with Crippen molar-refractivity contribution in [2.75, 3.05) is 0 Å². The van der Waals surface area contributed by atoms with Crippen molar-refractivity contribution in [2.24, 2.45) is 0 Å². The lowest BCUT2D eigenvalue weighted by Crippen LogP contribution is -2.19. The van der Waals surface area contributed by atoms with E-state index in [-0.39, 0.29) is 11.2 Å². The van der Waals surface area contributed by atoms with Gasteiger partial charge in [-0.15, -0.1) is 0 Å². The molecule has 2 aromatic heterocycles. The van der Waals surface area contributed by atoms with Crippen LogP contribution in [0.3, 0.4) is 0 Å². The number of aromatic hydroxyl groups is 1. The highest BCUT2D eigenvalue weighted by atomic mass is 16.3. The van der Waals surface area contributed by atoms with Crippen LogP contribution in [0.25, 0.3) is 66.8 Å². The summed E-state index contributed by atoms with van der Waals surface area (Å²) in [5.41, 5.74) is 15.4. The molecular formula is C46H38N2O2. The first-order valence-corrected chi connectivity index (χ1v) is 17.0. The predicted octanol–water partition coefficient (Wildman–Crippen LogP) is 12.0. The first kappa shape index (κ1) is 31.3. The van der Waals surface area contributed by atoms with E-state index in [0.29, 0.717) is 17.0 Å². The van der Waals surface area contributed by atoms with Crippen LogP contribution in [0.5, 0.6) is 5.75 Å². The summed E-state index contributed by atoms with van der Waals surface area (Å²) >= 11 is 0. The fourth-order valence-electron chi connectivity index (χ4n) is 7.46. The van der Waals surface area contributed by atoms with Crippen molar-refractivity contribution in [2.45, 2.75) is 40.0 Å². The summed E-state index contributed by atoms with van der Waals surface area (Å²) in [5.74, 6) is 0.520. The molecule has 0 atom stereocenters. The second-order valence-corrected chi connectivity index (χ2v) is 13.9. The zero-order valence-corrected chi connectivity index (χ0v) is 29.0. The van der Waals surface area contributed by atoms with Gasteiger partial charge in [0.15, 0.2) is 5.58 Å². The Kier molecular flexibility index (Phi) is 7.60. The second kappa shape index (κ2) is 12.2. The number of benzene rings is 6. The van der Waals surface area contributed by atoms with E-state index in [1.807, 2.05) is 36.5 Å². The number of pyridine rings is 1. The predicted molar refractivity (Wildman–Crippen MR) is 205 cm³/mol. The largest absolute Gasteiger partial charge is 0.507 e. The van der Waals surface area contributed by atoms with E-state index in [4.69, 9.17) is 14.4 Å². The molecule has 0 bridgehead atoms. The van der Waals surface area contributed by atoms with Gasteiger partial charge in [0.25, 0.3) is 0 Å². The third-order valence-electron chi connectivity index (χ3n) is 10.00. The number of aryl methyl sites for hydroxylation is 3. The minimum absolute atomic E-state index is 0.132. The molecule has 50 heavy (non-hydrogen) atoms. The molecule has 0 saturated carbocycles. The minimum Gasteiger partial charge on any atom is -0.507 e. The number of rotatable bonds is 6. The number of nitrogens with zero attached hydrogens (tertiary/aromatic N) is 2. The standard InChI is InChI=1S/C46H38N2O2/c1-28-21-29(2)42(30(3)22-28)34-23-31-13-12-20-47-43(31)39(27-34)33-24-32(25-36(26-33)46(4,5)35-14-7-6-8-15-35)37-17-11-19-41-44(37)48-45(50-41)38-16-9-10-18-40(38)49/h6-27,49H,1-5H3. The van der Waals surface area contributed by atoms with Crippen molar-refractivity contribution in [1.82, 2.24) is 9.97 Å². The van der Waals surface area contributed by atoms with Crippen molar-refractivity contribution < 1.29 is 9.52 Å². The number of hydrogen-bond acceptors (Lipinski definition) is 4. The van der Waals surface area contributed by atoms with Gasteiger partial charge in [0.2, 0.25) is 5.89 Å². The molecule has 4 heteroatoms. The van der Waals surface area contributed by atoms with Crippen LogP contribution in [0.2, 0.25) is 0 Å². The van der Waals surface area contributed by atoms with Gasteiger partial charge < -0.3 is 9.52 Å². The molecule has 0 amide bonds. The number of para-hydroxylation sites is 2. The van der Waals surface area contributed by atoms with E-state index in [1.165, 1.54) is 38.9 Å². The van der Waals surface area contributed by atoms with Crippen LogP contribution >= 0.6 is 0 Å². The quantitative estimate of drug-likeness (QED) is 0.195. The van der Waals surface area contributed by atoms with E-state index in [0.717, 1.165) is 38.7 Å². The van der Waals surface area contributed by atoms with Crippen LogP contribution in [0, 0.1) is 20.8 Å². The van der Waals surface area contributed by atoms with Gasteiger partial charge in [-0.2, -0.15) is 0 Å². The second-order valence-electron chi connectivity index (χ2n) is 13.9. The van der Waals surface area contributed by atoms with Gasteiger partial charge in [-0.1, -0.05) is 104 Å². The molecule has 0 radical (unpaired) electrons. The third kappa shape index (κ3) is 5.43. The van der Waals surface area contributed by atoms with Gasteiger partial charge in [-0.3, -0.25) is 4.98 Å². The number of aromatic nitrogens is 2. The molecule has 4 nitrogen and oxygen atoms in total. The Hall–Kier alpha value is -6.00. The van der Waals surface area contributed by atoms with Gasteiger partial charge in [-0.05, 0) is 108 Å². The van der Waals surface area contributed by atoms with Gasteiger partial charge >= 0.3 is 0 Å². The lowest BCUT2D eigenvalue weighted by molar-refractivity contribution is 0.474. The maximum absolute atomic E-state index is 10.6. The lowest BCUT2D eigenvalue weighted by Gasteiger charge is -2.28. The molecule has 0 unspecified atom stereocenters. The summed E-state index contributed by atoms with van der Waals surface area (Å²) in [6, 6.07) is 44.0. The smallest absolute Gasteiger partial charge is 0.231 e. The molecule has 1 N–H and O–H groups in total. The van der Waals surface area contributed by atoms with E-state index >= 15 is 0 Å². The van der Waals surface area contributed by atoms with E-state index < -0.39 is 0 Å². The summed E-state index contributed by atoms with van der Waals surface area (Å²) in [4.78, 5) is 9.91. The molecule has 0 fully saturated rings. The van der Waals surface area contributed by atoms with Gasteiger partial charge in [0, 0.05) is 28.1 Å². The monoisotopic (exact) mass is 650 g/mol. The number of oxazole rings is 1. The number of phenolic OH excluding ortho intramolecular Hbond substituents is 1. The Morgan fingerprint density at radius 3 is 2.04 bits per heavy atom. The highest BCUT2D eigenvalue weighted by Crippen LogP contribution is 2.43.